The number of hydrogen-bond donors (Lipinski definition) is 2. The van der Waals surface area contributed by atoms with Crippen molar-refractivity contribution in [3.05, 3.63) is 29.3 Å². The van der Waals surface area contributed by atoms with E-state index >= 15 is 0 Å². The predicted molar refractivity (Wildman–Crippen MR) is 48.8 cm³/mol. The number of hydrogen-bond acceptors (Lipinski definition) is 3. The molecule has 1 aromatic rings. The quantitative estimate of drug-likeness (QED) is 0.404. The Balaban J connectivity index is 0.00000169. The summed E-state index contributed by atoms with van der Waals surface area (Å²) in [6, 6.07) is 5.20. The molecule has 0 aliphatic heterocycles. The lowest BCUT2D eigenvalue weighted by molar-refractivity contribution is -0.386. The maximum Gasteiger partial charge on any atom is 0.339 e. The molecule has 1 rings (SSSR count). The molecular formula is C9H13ClN2O2. The summed E-state index contributed by atoms with van der Waals surface area (Å²) in [6.07, 6.45) is 0. The van der Waals surface area contributed by atoms with Crippen LogP contribution in [0.1, 0.15) is 15.9 Å². The molecule has 4 nitrogen and oxygen atoms in total. The molecule has 1 aromatic carbocycles. The number of nitrogens with two attached hydrogens (primary N) is 1. The van der Waals surface area contributed by atoms with Crippen LogP contribution in [0.25, 0.3) is 0 Å². The fraction of sp³-hybridized carbons (Fsp3) is 0.222. The van der Waals surface area contributed by atoms with Crippen molar-refractivity contribution in [3.8, 4) is 0 Å². The molecule has 0 saturated carbocycles. The maximum atomic E-state index is 11.1. The molecule has 0 bridgehead atoms. The average Bonchev–Trinajstić information content (AvgIpc) is 2.16. The van der Waals surface area contributed by atoms with E-state index in [1.165, 1.54) is 7.11 Å². The van der Waals surface area contributed by atoms with Crippen molar-refractivity contribution in [2.24, 2.45) is 0 Å². The Morgan fingerprint density at radius 3 is 2.64 bits per heavy atom. The number of nitrogen functional groups attached to an aromatic ring is 1. The van der Waals surface area contributed by atoms with Crippen LogP contribution in [-0.2, 0) is 11.3 Å². The number of carbonyl (C=O) groups excluding carboxylic acids is 1. The van der Waals surface area contributed by atoms with Gasteiger partial charge in [-0.2, -0.15) is 0 Å². The Morgan fingerprint density at radius 2 is 2.21 bits per heavy atom. The molecule has 0 radical (unpaired) electrons. The molecule has 0 aromatic heterocycles. The molecular weight excluding hydrogens is 204 g/mol. The Morgan fingerprint density at radius 1 is 1.57 bits per heavy atom. The monoisotopic (exact) mass is 216 g/mol. The van der Waals surface area contributed by atoms with Crippen molar-refractivity contribution >= 4 is 11.7 Å². The molecule has 14 heavy (non-hydrogen) atoms. The number of rotatable bonds is 2. The molecule has 0 aliphatic carbocycles. The highest BCUT2D eigenvalue weighted by Gasteiger charge is 2.09. The van der Waals surface area contributed by atoms with Crippen LogP contribution in [0.5, 0.6) is 0 Å². The first kappa shape index (κ1) is 12.7. The first-order chi connectivity index (χ1) is 6.19. The van der Waals surface area contributed by atoms with Gasteiger partial charge in [0.1, 0.15) is 0 Å². The van der Waals surface area contributed by atoms with Gasteiger partial charge in [0.2, 0.25) is 0 Å². The summed E-state index contributed by atoms with van der Waals surface area (Å²) in [5.74, 6) is -0.409. The summed E-state index contributed by atoms with van der Waals surface area (Å²) in [6.45, 7) is 0.658. The summed E-state index contributed by atoms with van der Waals surface area (Å²) < 4.78 is 4.56. The highest BCUT2D eigenvalue weighted by Crippen LogP contribution is 2.14. The number of benzene rings is 1. The molecule has 0 saturated heterocycles. The van der Waals surface area contributed by atoms with Gasteiger partial charge in [0.05, 0.1) is 19.2 Å². The van der Waals surface area contributed by atoms with Crippen LogP contribution >= 0.6 is 0 Å². The first-order valence-corrected chi connectivity index (χ1v) is 3.95. The summed E-state index contributed by atoms with van der Waals surface area (Å²) >= 11 is 0. The highest BCUT2D eigenvalue weighted by atomic mass is 35.5. The molecule has 5 heteroatoms. The van der Waals surface area contributed by atoms with E-state index in [-0.39, 0.29) is 12.4 Å². The molecule has 0 spiro atoms. The Labute approximate surface area is 88.6 Å². The van der Waals surface area contributed by atoms with Crippen molar-refractivity contribution in [2.45, 2.75) is 6.54 Å². The van der Waals surface area contributed by atoms with Gasteiger partial charge < -0.3 is 28.6 Å². The van der Waals surface area contributed by atoms with E-state index in [1.54, 1.807) is 12.1 Å². The van der Waals surface area contributed by atoms with Crippen molar-refractivity contribution in [1.29, 1.82) is 0 Å². The molecule has 78 valence electrons. The standard InChI is InChI=1S/C9H12N2O2.ClH/c1-13-9(12)7-3-2-6(5-10)4-8(7)11;/h2-4H,5,10-11H2,1H3;1H. The summed E-state index contributed by atoms with van der Waals surface area (Å²) in [4.78, 5) is 11.1. The normalized spacial score (nSPS) is 9.00. The molecule has 0 unspecified atom stereocenters. The first-order valence-electron chi connectivity index (χ1n) is 3.95. The molecule has 0 atom stereocenters. The van der Waals surface area contributed by atoms with E-state index in [9.17, 15) is 4.79 Å². The fourth-order valence-corrected chi connectivity index (χ4v) is 1.06. The second-order valence-electron chi connectivity index (χ2n) is 2.66. The van der Waals surface area contributed by atoms with E-state index in [4.69, 9.17) is 5.73 Å². The van der Waals surface area contributed by atoms with E-state index in [1.807, 2.05) is 6.07 Å². The van der Waals surface area contributed by atoms with Crippen LogP contribution in [0, 0.1) is 0 Å². The number of halogens is 1. The lowest BCUT2D eigenvalue weighted by Crippen LogP contribution is -3.00. The van der Waals surface area contributed by atoms with Gasteiger partial charge in [-0.3, -0.25) is 0 Å². The van der Waals surface area contributed by atoms with Gasteiger partial charge in [0, 0.05) is 11.3 Å². The lowest BCUT2D eigenvalue weighted by Gasteiger charge is -2.04. The van der Waals surface area contributed by atoms with Gasteiger partial charge in [-0.25, -0.2) is 4.79 Å². The largest absolute Gasteiger partial charge is 1.00 e. The number of ether oxygens (including phenoxy) is 1. The summed E-state index contributed by atoms with van der Waals surface area (Å²) in [7, 11) is 1.33. The van der Waals surface area contributed by atoms with Crippen molar-refractivity contribution < 1.29 is 27.7 Å². The molecule has 0 fully saturated rings. The third kappa shape index (κ3) is 2.61. The smallest absolute Gasteiger partial charge is 0.339 e. The van der Waals surface area contributed by atoms with Crippen LogP contribution < -0.4 is 23.9 Å². The van der Waals surface area contributed by atoms with Crippen LogP contribution in [0.3, 0.4) is 0 Å². The van der Waals surface area contributed by atoms with Crippen LogP contribution in [-0.4, -0.2) is 13.1 Å². The van der Waals surface area contributed by atoms with Gasteiger partial charge in [0.15, 0.2) is 0 Å². The Bertz CT molecular complexity index is 329. The zero-order valence-corrected chi connectivity index (χ0v) is 8.67. The predicted octanol–water partition coefficient (Wildman–Crippen LogP) is -3.20. The van der Waals surface area contributed by atoms with Gasteiger partial charge in [-0.15, -0.1) is 0 Å². The zero-order valence-electron chi connectivity index (χ0n) is 7.92. The van der Waals surface area contributed by atoms with E-state index in [2.05, 4.69) is 10.5 Å². The second kappa shape index (κ2) is 5.47. The molecule has 0 aliphatic rings. The number of esters is 1. The van der Waals surface area contributed by atoms with Gasteiger partial charge in [0.25, 0.3) is 0 Å². The number of quaternary nitrogens is 1. The fourth-order valence-electron chi connectivity index (χ4n) is 1.06. The summed E-state index contributed by atoms with van der Waals surface area (Å²) in [5.41, 5.74) is 11.2. The van der Waals surface area contributed by atoms with Crippen LogP contribution in [0.2, 0.25) is 0 Å². The average molecular weight is 217 g/mol. The molecule has 0 amide bonds. The summed E-state index contributed by atoms with van der Waals surface area (Å²) in [5, 5.41) is 0. The minimum absolute atomic E-state index is 0. The van der Waals surface area contributed by atoms with Crippen LogP contribution in [0.15, 0.2) is 18.2 Å². The number of carbonyl (C=O) groups is 1. The molecule has 5 N–H and O–H groups in total. The van der Waals surface area contributed by atoms with Gasteiger partial charge >= 0.3 is 5.97 Å². The molecule has 0 heterocycles. The maximum absolute atomic E-state index is 11.1. The van der Waals surface area contributed by atoms with E-state index in [0.717, 1.165) is 5.56 Å². The Kier molecular flexibility index (Phi) is 4.97. The third-order valence-corrected chi connectivity index (χ3v) is 1.81. The second-order valence-corrected chi connectivity index (χ2v) is 2.66. The van der Waals surface area contributed by atoms with E-state index in [0.29, 0.717) is 17.8 Å². The topological polar surface area (TPSA) is 80.0 Å². The zero-order chi connectivity index (χ0) is 9.84. The third-order valence-electron chi connectivity index (χ3n) is 1.81. The minimum atomic E-state index is -0.409. The number of methoxy groups -OCH3 is 1. The van der Waals surface area contributed by atoms with Crippen molar-refractivity contribution in [2.75, 3.05) is 12.8 Å². The highest BCUT2D eigenvalue weighted by molar-refractivity contribution is 5.95. The van der Waals surface area contributed by atoms with Crippen molar-refractivity contribution in [3.63, 3.8) is 0 Å². The number of anilines is 1. The van der Waals surface area contributed by atoms with Crippen molar-refractivity contribution in [1.82, 2.24) is 0 Å². The van der Waals surface area contributed by atoms with Crippen LogP contribution in [0.4, 0.5) is 5.69 Å². The minimum Gasteiger partial charge on any atom is -1.00 e. The van der Waals surface area contributed by atoms with Gasteiger partial charge in [-0.05, 0) is 12.1 Å². The van der Waals surface area contributed by atoms with Gasteiger partial charge in [-0.1, -0.05) is 6.07 Å². The SMILES string of the molecule is COC(=O)c1ccc(C[NH3+])cc1N.[Cl-]. The van der Waals surface area contributed by atoms with E-state index < -0.39 is 5.97 Å². The lowest BCUT2D eigenvalue weighted by atomic mass is 10.1. The Hall–Kier alpha value is -1.26.